The fourth-order valence-electron chi connectivity index (χ4n) is 2.93. The Morgan fingerprint density at radius 1 is 1.04 bits per heavy atom. The molecular formula is C22H20N4OS. The van der Waals surface area contributed by atoms with Crippen LogP contribution in [0, 0.1) is 0 Å². The van der Waals surface area contributed by atoms with Crippen LogP contribution < -0.4 is 11.2 Å². The summed E-state index contributed by atoms with van der Waals surface area (Å²) in [6.45, 7) is 1.85. The predicted octanol–water partition coefficient (Wildman–Crippen LogP) is 4.54. The zero-order valence-corrected chi connectivity index (χ0v) is 16.2. The maximum Gasteiger partial charge on any atom is 0.237 e. The zero-order valence-electron chi connectivity index (χ0n) is 15.4. The van der Waals surface area contributed by atoms with Gasteiger partial charge in [-0.3, -0.25) is 4.79 Å². The summed E-state index contributed by atoms with van der Waals surface area (Å²) in [4.78, 5) is 17.2. The lowest BCUT2D eigenvalue weighted by molar-refractivity contribution is -0.115. The molecule has 140 valence electrons. The van der Waals surface area contributed by atoms with Crippen LogP contribution in [0.4, 0.5) is 5.69 Å². The normalized spacial score (nSPS) is 12.0. The van der Waals surface area contributed by atoms with Crippen LogP contribution in [-0.4, -0.2) is 20.8 Å². The van der Waals surface area contributed by atoms with Crippen LogP contribution in [0.5, 0.6) is 0 Å². The van der Waals surface area contributed by atoms with Gasteiger partial charge in [-0.15, -0.1) is 0 Å². The second-order valence-electron chi connectivity index (χ2n) is 6.49. The van der Waals surface area contributed by atoms with E-state index in [0.717, 1.165) is 27.7 Å². The molecule has 3 N–H and O–H groups in total. The van der Waals surface area contributed by atoms with Crippen molar-refractivity contribution in [3.8, 4) is 11.3 Å². The molecule has 0 fully saturated rings. The molecule has 0 radical (unpaired) electrons. The number of rotatable bonds is 5. The van der Waals surface area contributed by atoms with Crippen LogP contribution in [0.3, 0.4) is 0 Å². The van der Waals surface area contributed by atoms with Gasteiger partial charge in [0.15, 0.2) is 5.16 Å². The van der Waals surface area contributed by atoms with E-state index in [4.69, 9.17) is 5.84 Å². The fraction of sp³-hybridized carbons (Fsp3) is 0.0909. The molecule has 0 bridgehead atoms. The van der Waals surface area contributed by atoms with Crippen molar-refractivity contribution in [3.63, 3.8) is 0 Å². The molecule has 4 aromatic rings. The van der Waals surface area contributed by atoms with E-state index in [1.165, 1.54) is 16.4 Å². The average Bonchev–Trinajstić information content (AvgIpc) is 3.09. The molecule has 1 atom stereocenters. The third kappa shape index (κ3) is 3.87. The highest BCUT2D eigenvalue weighted by molar-refractivity contribution is 8.00. The molecule has 0 saturated heterocycles. The van der Waals surface area contributed by atoms with E-state index in [0.29, 0.717) is 5.16 Å². The predicted molar refractivity (Wildman–Crippen MR) is 116 cm³/mol. The van der Waals surface area contributed by atoms with Crippen LogP contribution in [0.2, 0.25) is 0 Å². The van der Waals surface area contributed by atoms with E-state index < -0.39 is 0 Å². The summed E-state index contributed by atoms with van der Waals surface area (Å²) in [5, 5.41) is 5.45. The van der Waals surface area contributed by atoms with Gasteiger partial charge in [-0.2, -0.15) is 0 Å². The Bertz CT molecular complexity index is 1120. The number of nitrogens with zero attached hydrogens (tertiary/aromatic N) is 2. The van der Waals surface area contributed by atoms with Crippen LogP contribution in [0.1, 0.15) is 6.92 Å². The minimum atomic E-state index is -0.347. The number of carbonyl (C=O) groups excluding carboxylic acids is 1. The summed E-state index contributed by atoms with van der Waals surface area (Å²) in [6, 6.07) is 23.8. The quantitative estimate of drug-likeness (QED) is 0.389. The van der Waals surface area contributed by atoms with Crippen molar-refractivity contribution in [3.05, 3.63) is 79.0 Å². The van der Waals surface area contributed by atoms with Gasteiger partial charge in [0.25, 0.3) is 0 Å². The first-order valence-corrected chi connectivity index (χ1v) is 9.84. The maximum absolute atomic E-state index is 12.6. The summed E-state index contributed by atoms with van der Waals surface area (Å²) >= 11 is 1.33. The van der Waals surface area contributed by atoms with Crippen molar-refractivity contribution >= 4 is 34.1 Å². The number of aromatic nitrogens is 2. The monoisotopic (exact) mass is 388 g/mol. The summed E-state index contributed by atoms with van der Waals surface area (Å²) in [5.41, 5.74) is 2.55. The summed E-state index contributed by atoms with van der Waals surface area (Å²) in [6.07, 6.45) is 1.77. The highest BCUT2D eigenvalue weighted by atomic mass is 32.2. The lowest BCUT2D eigenvalue weighted by Crippen LogP contribution is -2.23. The van der Waals surface area contributed by atoms with Crippen molar-refractivity contribution < 1.29 is 4.79 Å². The maximum atomic E-state index is 12.6. The second-order valence-corrected chi connectivity index (χ2v) is 7.80. The molecule has 0 aliphatic rings. The average molecular weight is 388 g/mol. The van der Waals surface area contributed by atoms with Crippen LogP contribution in [0.25, 0.3) is 22.0 Å². The first kappa shape index (κ1) is 18.1. The highest BCUT2D eigenvalue weighted by Gasteiger charge is 2.18. The molecule has 0 aliphatic heterocycles. The number of nitrogens with one attached hydrogen (secondary N) is 1. The number of thioether (sulfide) groups is 1. The number of fused-ring (bicyclic) bond motifs is 1. The molecule has 0 aliphatic carbocycles. The Labute approximate surface area is 167 Å². The number of benzene rings is 3. The van der Waals surface area contributed by atoms with Gasteiger partial charge in [-0.05, 0) is 29.8 Å². The molecule has 4 rings (SSSR count). The van der Waals surface area contributed by atoms with Gasteiger partial charge in [0, 0.05) is 11.3 Å². The lowest BCUT2D eigenvalue weighted by Gasteiger charge is -2.12. The smallest absolute Gasteiger partial charge is 0.237 e. The van der Waals surface area contributed by atoms with Gasteiger partial charge in [-0.1, -0.05) is 72.4 Å². The molecule has 28 heavy (non-hydrogen) atoms. The fourth-order valence-corrected chi connectivity index (χ4v) is 3.74. The first-order valence-electron chi connectivity index (χ1n) is 8.96. The molecule has 1 heterocycles. The Morgan fingerprint density at radius 3 is 2.54 bits per heavy atom. The van der Waals surface area contributed by atoms with Crippen molar-refractivity contribution in [2.45, 2.75) is 17.3 Å². The number of anilines is 1. The summed E-state index contributed by atoms with van der Waals surface area (Å²) < 4.78 is 1.47. The summed E-state index contributed by atoms with van der Waals surface area (Å²) in [5.74, 6) is 5.95. The van der Waals surface area contributed by atoms with E-state index in [1.54, 1.807) is 6.20 Å². The lowest BCUT2D eigenvalue weighted by atomic mass is 10.1. The van der Waals surface area contributed by atoms with Crippen molar-refractivity contribution in [2.24, 2.45) is 0 Å². The molecule has 0 saturated carbocycles. The number of amides is 1. The molecule has 1 amide bonds. The number of nitrogen functional groups attached to an aromatic ring is 1. The summed E-state index contributed by atoms with van der Waals surface area (Å²) in [7, 11) is 0. The van der Waals surface area contributed by atoms with Crippen molar-refractivity contribution in [2.75, 3.05) is 11.2 Å². The molecule has 5 nitrogen and oxygen atoms in total. The highest BCUT2D eigenvalue weighted by Crippen LogP contribution is 2.27. The van der Waals surface area contributed by atoms with E-state index in [9.17, 15) is 4.79 Å². The third-order valence-corrected chi connectivity index (χ3v) is 5.52. The van der Waals surface area contributed by atoms with E-state index in [2.05, 4.69) is 10.3 Å². The first-order chi connectivity index (χ1) is 13.6. The van der Waals surface area contributed by atoms with Crippen LogP contribution in [0.15, 0.2) is 84.1 Å². The largest absolute Gasteiger partial charge is 0.337 e. The van der Waals surface area contributed by atoms with Gasteiger partial charge in [0.2, 0.25) is 5.91 Å². The van der Waals surface area contributed by atoms with E-state index >= 15 is 0 Å². The number of hydrogen-bond acceptors (Lipinski definition) is 4. The number of imidazole rings is 1. The van der Waals surface area contributed by atoms with E-state index in [-0.39, 0.29) is 11.2 Å². The minimum Gasteiger partial charge on any atom is -0.337 e. The van der Waals surface area contributed by atoms with E-state index in [1.807, 2.05) is 79.7 Å². The molecule has 1 aromatic heterocycles. The standard InChI is InChI=1S/C22H20N4OS/c1-15(21(27)24-19-12-11-16-7-5-6-10-18(16)13-19)28-22-25-20(14-26(22)23)17-8-3-2-4-9-17/h2-15H,23H2,1H3,(H,24,27). The minimum absolute atomic E-state index is 0.0930. The number of carbonyl (C=O) groups is 1. The van der Waals surface area contributed by atoms with Gasteiger partial charge < -0.3 is 11.2 Å². The van der Waals surface area contributed by atoms with Gasteiger partial charge in [0.1, 0.15) is 0 Å². The van der Waals surface area contributed by atoms with Crippen LogP contribution >= 0.6 is 11.8 Å². The Morgan fingerprint density at radius 2 is 1.75 bits per heavy atom. The molecule has 6 heteroatoms. The molecular weight excluding hydrogens is 368 g/mol. The SMILES string of the molecule is CC(Sc1nc(-c2ccccc2)cn1N)C(=O)Nc1ccc2ccccc2c1. The molecule has 1 unspecified atom stereocenters. The zero-order chi connectivity index (χ0) is 19.5. The van der Waals surface area contributed by atoms with Crippen molar-refractivity contribution in [1.29, 1.82) is 0 Å². The van der Waals surface area contributed by atoms with Gasteiger partial charge in [-0.25, -0.2) is 9.66 Å². The number of nitrogens with two attached hydrogens (primary N) is 1. The molecule has 0 spiro atoms. The Balaban J connectivity index is 1.46. The molecule has 3 aromatic carbocycles. The van der Waals surface area contributed by atoms with Gasteiger partial charge >= 0.3 is 0 Å². The van der Waals surface area contributed by atoms with Crippen molar-refractivity contribution in [1.82, 2.24) is 9.66 Å². The topological polar surface area (TPSA) is 72.9 Å². The van der Waals surface area contributed by atoms with Crippen LogP contribution in [-0.2, 0) is 4.79 Å². The Hall–Kier alpha value is -3.25. The number of hydrogen-bond donors (Lipinski definition) is 2. The Kier molecular flexibility index (Phi) is 5.04. The third-order valence-electron chi connectivity index (χ3n) is 4.44. The van der Waals surface area contributed by atoms with Gasteiger partial charge in [0.05, 0.1) is 17.1 Å². The second kappa shape index (κ2) is 7.78.